The lowest BCUT2D eigenvalue weighted by molar-refractivity contribution is -0.135. The molecule has 2 aromatic heterocycles. The van der Waals surface area contributed by atoms with E-state index in [1.54, 1.807) is 26.5 Å². The molecule has 4 heterocycles. The molecule has 2 aliphatic heterocycles. The Bertz CT molecular complexity index is 2350. The van der Waals surface area contributed by atoms with E-state index in [1.165, 1.54) is 12.0 Å². The summed E-state index contributed by atoms with van der Waals surface area (Å²) in [6, 6.07) is 20.1. The number of ketones is 1. The molecule has 0 spiro atoms. The van der Waals surface area contributed by atoms with Crippen LogP contribution >= 0.6 is 0 Å². The molecule has 4 atom stereocenters. The number of hydrogen-bond acceptors (Lipinski definition) is 11. The van der Waals surface area contributed by atoms with Gasteiger partial charge >= 0.3 is 12.2 Å². The molecule has 0 saturated carbocycles. The van der Waals surface area contributed by atoms with Gasteiger partial charge in [0, 0.05) is 64.5 Å². The third kappa shape index (κ3) is 11.3. The van der Waals surface area contributed by atoms with Crippen molar-refractivity contribution in [1.29, 1.82) is 0 Å². The second-order valence-electron chi connectivity index (χ2n) is 16.6. The van der Waals surface area contributed by atoms with Gasteiger partial charge in [-0.15, -0.1) is 0 Å². The number of ether oxygens (including phenoxy) is 4. The molecule has 0 aliphatic carbocycles. The number of carbonyl (C=O) groups is 4. The van der Waals surface area contributed by atoms with Crippen molar-refractivity contribution in [2.75, 3.05) is 60.7 Å². The van der Waals surface area contributed by atoms with Crippen molar-refractivity contribution in [3.63, 3.8) is 0 Å². The minimum Gasteiger partial charge on any atom is -0.453 e. The fraction of sp³-hybridized carbons (Fsp3) is 0.447. The second-order valence-corrected chi connectivity index (χ2v) is 16.6. The van der Waals surface area contributed by atoms with Crippen LogP contribution in [0.3, 0.4) is 0 Å². The number of benzene rings is 3. The van der Waals surface area contributed by atoms with E-state index >= 15 is 0 Å². The summed E-state index contributed by atoms with van der Waals surface area (Å²) >= 11 is 0. The first kappa shape index (κ1) is 44.9. The lowest BCUT2D eigenvalue weighted by Gasteiger charge is -2.30. The maximum absolute atomic E-state index is 13.3. The molecule has 2 aliphatic rings. The average molecular weight is 863 g/mol. The Morgan fingerprint density at radius 1 is 0.762 bits per heavy atom. The highest BCUT2D eigenvalue weighted by Crippen LogP contribution is 2.31. The Labute approximate surface area is 367 Å². The normalized spacial score (nSPS) is 16.7. The van der Waals surface area contributed by atoms with Crippen molar-refractivity contribution < 1.29 is 38.1 Å². The van der Waals surface area contributed by atoms with E-state index in [9.17, 15) is 19.2 Å². The van der Waals surface area contributed by atoms with Crippen molar-refractivity contribution in [2.24, 2.45) is 11.8 Å². The third-order valence-corrected chi connectivity index (χ3v) is 12.0. The zero-order valence-electron chi connectivity index (χ0n) is 36.6. The van der Waals surface area contributed by atoms with Crippen LogP contribution in [-0.4, -0.2) is 122 Å². The number of carbonyl (C=O) groups excluding carboxylic acids is 4. The van der Waals surface area contributed by atoms with E-state index in [4.69, 9.17) is 18.9 Å². The van der Waals surface area contributed by atoms with Gasteiger partial charge in [-0.05, 0) is 78.1 Å². The van der Waals surface area contributed by atoms with Gasteiger partial charge in [-0.2, -0.15) is 0 Å². The lowest BCUT2D eigenvalue weighted by atomic mass is 9.89. The number of hydrogen-bond donors (Lipinski definition) is 5. The summed E-state index contributed by atoms with van der Waals surface area (Å²) in [6.45, 7) is 6.50. The summed E-state index contributed by atoms with van der Waals surface area (Å²) in [6.07, 6.45) is 4.23. The molecule has 16 nitrogen and oxygen atoms in total. The van der Waals surface area contributed by atoms with Gasteiger partial charge in [0.15, 0.2) is 11.9 Å². The molecule has 2 fully saturated rings. The van der Waals surface area contributed by atoms with Crippen LogP contribution in [0.5, 0.6) is 0 Å². The average Bonchev–Trinajstić information content (AvgIpc) is 4.03. The number of fused-ring (bicyclic) bond motifs is 1. The highest BCUT2D eigenvalue weighted by molar-refractivity contribution is 5.91. The van der Waals surface area contributed by atoms with Crippen LogP contribution in [-0.2, 0) is 28.5 Å². The van der Waals surface area contributed by atoms with E-state index in [0.29, 0.717) is 64.5 Å². The highest BCUT2D eigenvalue weighted by Gasteiger charge is 2.34. The molecule has 16 heteroatoms. The minimum atomic E-state index is -0.885. The van der Waals surface area contributed by atoms with Gasteiger partial charge < -0.3 is 49.8 Å². The van der Waals surface area contributed by atoms with Crippen LogP contribution in [0.15, 0.2) is 73.1 Å². The molecule has 63 heavy (non-hydrogen) atoms. The van der Waals surface area contributed by atoms with Gasteiger partial charge in [-0.1, -0.05) is 55.5 Å². The Balaban J connectivity index is 0.937. The highest BCUT2D eigenvalue weighted by atomic mass is 16.6. The van der Waals surface area contributed by atoms with Crippen molar-refractivity contribution in [3.05, 3.63) is 84.7 Å². The molecule has 3 amide bonds. The van der Waals surface area contributed by atoms with Gasteiger partial charge in [0.05, 0.1) is 49.5 Å². The number of Topliss-reactive ketones (excluding diaryl/α,β-unsaturated/α-hetero) is 1. The van der Waals surface area contributed by atoms with Crippen molar-refractivity contribution in [3.8, 4) is 33.6 Å². The molecule has 5 aromatic rings. The first-order valence-electron chi connectivity index (χ1n) is 21.6. The largest absolute Gasteiger partial charge is 0.453 e. The summed E-state index contributed by atoms with van der Waals surface area (Å²) in [5.74, 6) is 0.787. The quantitative estimate of drug-likeness (QED) is 0.0738. The number of nitrogens with zero attached hydrogens (tertiary/aromatic N) is 3. The number of alkyl carbamates (subject to hydrolysis) is 1. The summed E-state index contributed by atoms with van der Waals surface area (Å²) in [4.78, 5) is 68.3. The number of methoxy groups -OCH3 is 1. The van der Waals surface area contributed by atoms with Gasteiger partial charge in [0.2, 0.25) is 0 Å². The fourth-order valence-corrected chi connectivity index (χ4v) is 8.08. The number of aromatic amines is 2. The van der Waals surface area contributed by atoms with Crippen LogP contribution < -0.4 is 16.0 Å². The molecule has 0 bridgehead atoms. The van der Waals surface area contributed by atoms with E-state index in [2.05, 4.69) is 96.5 Å². The summed E-state index contributed by atoms with van der Waals surface area (Å²) < 4.78 is 21.3. The predicted octanol–water partition coefficient (Wildman–Crippen LogP) is 6.37. The van der Waals surface area contributed by atoms with Gasteiger partial charge in [0.1, 0.15) is 11.6 Å². The molecule has 3 aromatic carbocycles. The second kappa shape index (κ2) is 20.8. The van der Waals surface area contributed by atoms with Crippen LogP contribution in [0.2, 0.25) is 0 Å². The first-order chi connectivity index (χ1) is 30.5. The molecule has 7 rings (SSSR count). The van der Waals surface area contributed by atoms with Crippen LogP contribution in [0.1, 0.15) is 63.1 Å². The van der Waals surface area contributed by atoms with Crippen molar-refractivity contribution >= 4 is 34.6 Å². The standard InChI is InChI=1S/C47H58N8O8/c1-28(24-51-45(57)42(63-47(59)55(3)4)33-16-20-62-21-17-33)43-49-25-38(52-43)31-8-6-30(7-9-31)34-10-11-36-23-37(13-12-35(36)22-34)39-26-50-44(53-39)29(2)48-27-40(56)41(54-46(58)60-5)32-14-18-61-19-15-32/h6-13,22-23,25-26,28-29,32-33,41-42,48H,14-21,24,27H2,1-5H3,(H,49,52)(H,50,53)(H,51,57)(H,54,58)/t28-,29-,41-,42-/m0/s1. The Morgan fingerprint density at radius 3 is 1.97 bits per heavy atom. The smallest absolute Gasteiger partial charge is 0.410 e. The third-order valence-electron chi connectivity index (χ3n) is 12.0. The lowest BCUT2D eigenvalue weighted by Crippen LogP contribution is -2.50. The monoisotopic (exact) mass is 862 g/mol. The number of amides is 3. The molecule has 0 radical (unpaired) electrons. The number of rotatable bonds is 16. The Morgan fingerprint density at radius 2 is 1.32 bits per heavy atom. The number of H-pyrrole nitrogens is 2. The van der Waals surface area contributed by atoms with E-state index in [0.717, 1.165) is 50.2 Å². The van der Waals surface area contributed by atoms with Crippen molar-refractivity contribution in [1.82, 2.24) is 40.8 Å². The fourth-order valence-electron chi connectivity index (χ4n) is 8.08. The molecule has 0 unspecified atom stereocenters. The van der Waals surface area contributed by atoms with Gasteiger partial charge in [0.25, 0.3) is 5.91 Å². The van der Waals surface area contributed by atoms with Gasteiger partial charge in [-0.3, -0.25) is 9.59 Å². The first-order valence-corrected chi connectivity index (χ1v) is 21.6. The predicted molar refractivity (Wildman–Crippen MR) is 238 cm³/mol. The van der Waals surface area contributed by atoms with Crippen molar-refractivity contribution in [2.45, 2.75) is 63.6 Å². The SMILES string of the molecule is COC(=O)N[C@H](C(=O)CN[C@@H](C)c1ncc(-c2ccc3cc(-c4ccc(-c5cnc([C@@H](C)CNC(=O)[C@@H](OC(=O)N(C)C)C6CCOCC6)[nH]5)cc4)ccc3c2)[nH]1)C1CCOCC1. The summed E-state index contributed by atoms with van der Waals surface area (Å²) in [5.41, 5.74) is 5.87. The van der Waals surface area contributed by atoms with E-state index < -0.39 is 24.3 Å². The molecular weight excluding hydrogens is 805 g/mol. The molecule has 334 valence electrons. The Kier molecular flexibility index (Phi) is 14.9. The molecular formula is C47H58N8O8. The number of aromatic nitrogens is 4. The summed E-state index contributed by atoms with van der Waals surface area (Å²) in [5, 5.41) is 11.2. The summed E-state index contributed by atoms with van der Waals surface area (Å²) in [7, 11) is 4.48. The van der Waals surface area contributed by atoms with E-state index in [1.807, 2.05) is 13.8 Å². The van der Waals surface area contributed by atoms with Crippen LogP contribution in [0.4, 0.5) is 9.59 Å². The minimum absolute atomic E-state index is 0.0118. The zero-order chi connectivity index (χ0) is 44.5. The van der Waals surface area contributed by atoms with Crippen LogP contribution in [0.25, 0.3) is 44.4 Å². The maximum Gasteiger partial charge on any atom is 0.410 e. The van der Waals surface area contributed by atoms with Gasteiger partial charge in [-0.25, -0.2) is 19.6 Å². The molecule has 5 N–H and O–H groups in total. The number of nitrogens with one attached hydrogen (secondary N) is 5. The molecule has 2 saturated heterocycles. The maximum atomic E-state index is 13.3. The Hall–Kier alpha value is -6.10. The van der Waals surface area contributed by atoms with Crippen LogP contribution in [0, 0.1) is 11.8 Å². The zero-order valence-corrected chi connectivity index (χ0v) is 36.6. The topological polar surface area (TPSA) is 202 Å². The number of imidazole rings is 2. The van der Waals surface area contributed by atoms with E-state index in [-0.39, 0.29) is 42.0 Å².